The zero-order valence-electron chi connectivity index (χ0n) is 10.4. The Morgan fingerprint density at radius 3 is 2.70 bits per heavy atom. The van der Waals surface area contributed by atoms with Crippen molar-refractivity contribution in [3.05, 3.63) is 55.2 Å². The molecular formula is C13H12N4O2S. The number of hydrogen-bond donors (Lipinski definition) is 4. The molecule has 3 aromatic rings. The van der Waals surface area contributed by atoms with E-state index in [1.807, 2.05) is 11.4 Å². The van der Waals surface area contributed by atoms with E-state index < -0.39 is 0 Å². The lowest BCUT2D eigenvalue weighted by Crippen LogP contribution is -2.20. The lowest BCUT2D eigenvalue weighted by Gasteiger charge is -2.08. The van der Waals surface area contributed by atoms with Crippen molar-refractivity contribution in [3.63, 3.8) is 0 Å². The van der Waals surface area contributed by atoms with Gasteiger partial charge in [0.25, 0.3) is 11.1 Å². The van der Waals surface area contributed by atoms with Gasteiger partial charge in [-0.25, -0.2) is 0 Å². The van der Waals surface area contributed by atoms with Crippen LogP contribution in [0.2, 0.25) is 0 Å². The molecule has 0 fully saturated rings. The summed E-state index contributed by atoms with van der Waals surface area (Å²) < 4.78 is 0. The predicted octanol–water partition coefficient (Wildman–Crippen LogP) is 1.47. The molecule has 0 aliphatic heterocycles. The number of aromatic nitrogens is 2. The van der Waals surface area contributed by atoms with Gasteiger partial charge in [0, 0.05) is 16.3 Å². The monoisotopic (exact) mass is 288 g/mol. The average molecular weight is 288 g/mol. The summed E-state index contributed by atoms with van der Waals surface area (Å²) in [6.07, 6.45) is 0. The van der Waals surface area contributed by atoms with Crippen molar-refractivity contribution in [2.45, 2.75) is 6.54 Å². The van der Waals surface area contributed by atoms with Crippen molar-refractivity contribution in [1.29, 1.82) is 0 Å². The number of thiophene rings is 1. The van der Waals surface area contributed by atoms with Gasteiger partial charge in [0.2, 0.25) is 0 Å². The van der Waals surface area contributed by atoms with Crippen molar-refractivity contribution in [3.8, 4) is 0 Å². The fourth-order valence-corrected chi connectivity index (χ4v) is 2.79. The normalized spacial score (nSPS) is 10.8. The van der Waals surface area contributed by atoms with Crippen LogP contribution in [0.1, 0.15) is 4.88 Å². The molecule has 0 bridgehead atoms. The number of fused-ring (bicyclic) bond motifs is 1. The van der Waals surface area contributed by atoms with E-state index in [0.29, 0.717) is 23.0 Å². The highest BCUT2D eigenvalue weighted by atomic mass is 32.1. The molecule has 0 aliphatic rings. The minimum atomic E-state index is -0.332. The molecule has 6 nitrogen and oxygen atoms in total. The highest BCUT2D eigenvalue weighted by molar-refractivity contribution is 7.10. The van der Waals surface area contributed by atoms with E-state index in [0.717, 1.165) is 10.6 Å². The maximum Gasteiger partial charge on any atom is 0.272 e. The van der Waals surface area contributed by atoms with Crippen LogP contribution in [0.5, 0.6) is 0 Å². The number of anilines is 2. The number of nitrogens with two attached hydrogens (primary N) is 1. The number of rotatable bonds is 3. The Balaban J connectivity index is 2.04. The molecule has 7 heteroatoms. The number of aromatic amines is 2. The first-order chi connectivity index (χ1) is 9.66. The quantitative estimate of drug-likeness (QED) is 0.586. The topological polar surface area (TPSA) is 104 Å². The van der Waals surface area contributed by atoms with Crippen molar-refractivity contribution >= 4 is 33.5 Å². The molecule has 1 aromatic carbocycles. The molecule has 0 aliphatic carbocycles. The largest absolute Gasteiger partial charge is 0.398 e. The number of benzene rings is 1. The van der Waals surface area contributed by atoms with E-state index in [1.165, 1.54) is 0 Å². The minimum absolute atomic E-state index is 0.320. The fourth-order valence-electron chi connectivity index (χ4n) is 2.05. The highest BCUT2D eigenvalue weighted by Crippen LogP contribution is 2.22. The van der Waals surface area contributed by atoms with E-state index in [9.17, 15) is 9.59 Å². The Morgan fingerprint density at radius 2 is 1.95 bits per heavy atom. The summed E-state index contributed by atoms with van der Waals surface area (Å²) in [7, 11) is 0. The molecule has 0 saturated carbocycles. The summed E-state index contributed by atoms with van der Waals surface area (Å²) in [6, 6.07) is 6.95. The molecule has 0 radical (unpaired) electrons. The number of H-pyrrole nitrogens is 2. The zero-order valence-corrected chi connectivity index (χ0v) is 11.2. The average Bonchev–Trinajstić information content (AvgIpc) is 2.86. The lowest BCUT2D eigenvalue weighted by atomic mass is 10.1. The summed E-state index contributed by atoms with van der Waals surface area (Å²) in [5.41, 5.74) is 6.50. The van der Waals surface area contributed by atoms with Gasteiger partial charge >= 0.3 is 0 Å². The first-order valence-electron chi connectivity index (χ1n) is 5.96. The van der Waals surface area contributed by atoms with Gasteiger partial charge in [0.1, 0.15) is 0 Å². The van der Waals surface area contributed by atoms with Gasteiger partial charge in [-0.15, -0.1) is 11.3 Å². The summed E-state index contributed by atoms with van der Waals surface area (Å²) in [5, 5.41) is 10.4. The molecule has 20 heavy (non-hydrogen) atoms. The molecule has 0 unspecified atom stereocenters. The van der Waals surface area contributed by atoms with Gasteiger partial charge in [0.15, 0.2) is 0 Å². The van der Waals surface area contributed by atoms with Gasteiger partial charge in [-0.1, -0.05) is 6.07 Å². The van der Waals surface area contributed by atoms with E-state index in [-0.39, 0.29) is 11.1 Å². The summed E-state index contributed by atoms with van der Waals surface area (Å²) in [5.74, 6) is 0. The van der Waals surface area contributed by atoms with Gasteiger partial charge in [-0.3, -0.25) is 19.8 Å². The van der Waals surface area contributed by atoms with Crippen molar-refractivity contribution in [2.75, 3.05) is 11.1 Å². The molecule has 0 atom stereocenters. The van der Waals surface area contributed by atoms with E-state index >= 15 is 0 Å². The van der Waals surface area contributed by atoms with Crippen LogP contribution < -0.4 is 22.2 Å². The Hall–Kier alpha value is -2.54. The third-order valence-corrected chi connectivity index (χ3v) is 3.98. The van der Waals surface area contributed by atoms with Crippen LogP contribution in [0.15, 0.2) is 39.2 Å². The Morgan fingerprint density at radius 1 is 1.15 bits per heavy atom. The lowest BCUT2D eigenvalue weighted by molar-refractivity contribution is 0.976. The molecule has 0 spiro atoms. The molecule has 102 valence electrons. The van der Waals surface area contributed by atoms with E-state index in [4.69, 9.17) is 5.73 Å². The zero-order chi connectivity index (χ0) is 14.1. The van der Waals surface area contributed by atoms with Crippen LogP contribution in [0, 0.1) is 0 Å². The van der Waals surface area contributed by atoms with Crippen LogP contribution in [0.4, 0.5) is 11.4 Å². The molecule has 0 saturated heterocycles. The smallest absolute Gasteiger partial charge is 0.272 e. The maximum absolute atomic E-state index is 11.9. The van der Waals surface area contributed by atoms with Gasteiger partial charge in [-0.2, -0.15) is 0 Å². The molecule has 3 rings (SSSR count). The second kappa shape index (κ2) is 4.86. The second-order valence-corrected chi connectivity index (χ2v) is 5.29. The minimum Gasteiger partial charge on any atom is -0.398 e. The SMILES string of the molecule is Nc1ccsc1CNc1cccc2c(=O)[nH][nH]c(=O)c12. The second-order valence-electron chi connectivity index (χ2n) is 4.29. The van der Waals surface area contributed by atoms with E-state index in [2.05, 4.69) is 15.5 Å². The van der Waals surface area contributed by atoms with Gasteiger partial charge < -0.3 is 11.1 Å². The number of nitrogens with one attached hydrogen (secondary N) is 3. The standard InChI is InChI=1S/C13H12N4O2S/c14-8-4-5-20-10(8)6-15-9-3-1-2-7-11(9)13(19)17-16-12(7)18/h1-5,15H,6,14H2,(H,16,18)(H,17,19). The molecule has 5 N–H and O–H groups in total. The predicted molar refractivity (Wildman–Crippen MR) is 81.2 cm³/mol. The van der Waals surface area contributed by atoms with Crippen LogP contribution in [0.3, 0.4) is 0 Å². The van der Waals surface area contributed by atoms with Crippen LogP contribution >= 0.6 is 11.3 Å². The molecule has 0 amide bonds. The maximum atomic E-state index is 11.9. The van der Waals surface area contributed by atoms with Crippen molar-refractivity contribution < 1.29 is 0 Å². The fraction of sp³-hybridized carbons (Fsp3) is 0.0769. The number of hydrogen-bond acceptors (Lipinski definition) is 5. The van der Waals surface area contributed by atoms with Crippen LogP contribution in [-0.4, -0.2) is 10.2 Å². The highest BCUT2D eigenvalue weighted by Gasteiger charge is 2.08. The third-order valence-electron chi connectivity index (χ3n) is 3.04. The summed E-state index contributed by atoms with van der Waals surface area (Å²) in [6.45, 7) is 0.509. The van der Waals surface area contributed by atoms with Crippen molar-refractivity contribution in [1.82, 2.24) is 10.2 Å². The molecular weight excluding hydrogens is 276 g/mol. The molecule has 2 aromatic heterocycles. The van der Waals surface area contributed by atoms with E-state index in [1.54, 1.807) is 29.5 Å². The van der Waals surface area contributed by atoms with Crippen LogP contribution in [-0.2, 0) is 6.54 Å². The number of nitrogen functional groups attached to an aromatic ring is 1. The van der Waals surface area contributed by atoms with Crippen molar-refractivity contribution in [2.24, 2.45) is 0 Å². The van der Waals surface area contributed by atoms with Crippen LogP contribution in [0.25, 0.3) is 10.8 Å². The Labute approximate surface area is 117 Å². The Bertz CT molecular complexity index is 878. The first kappa shape index (κ1) is 12.5. The molecule has 2 heterocycles. The third kappa shape index (κ3) is 2.08. The summed E-state index contributed by atoms with van der Waals surface area (Å²) >= 11 is 1.54. The first-order valence-corrected chi connectivity index (χ1v) is 6.84. The Kier molecular flexibility index (Phi) is 3.03. The van der Waals surface area contributed by atoms with Gasteiger partial charge in [0.05, 0.1) is 17.3 Å². The van der Waals surface area contributed by atoms with Gasteiger partial charge in [-0.05, 0) is 23.6 Å². The summed E-state index contributed by atoms with van der Waals surface area (Å²) in [4.78, 5) is 24.6.